The highest BCUT2D eigenvalue weighted by molar-refractivity contribution is 7.92. The monoisotopic (exact) mass is 324 g/mol. The highest BCUT2D eigenvalue weighted by atomic mass is 32.2. The lowest BCUT2D eigenvalue weighted by atomic mass is 10.1. The first-order chi connectivity index (χ1) is 11.1. The van der Waals surface area contributed by atoms with Crippen LogP contribution in [-0.2, 0) is 10.0 Å². The molecule has 0 unspecified atom stereocenters. The number of benzene rings is 2. The number of sulfonamides is 1. The van der Waals surface area contributed by atoms with E-state index in [1.807, 2.05) is 42.5 Å². The molecule has 0 atom stereocenters. The maximum atomic E-state index is 12.6. The Labute approximate surface area is 135 Å². The fourth-order valence-electron chi connectivity index (χ4n) is 2.65. The summed E-state index contributed by atoms with van der Waals surface area (Å²) < 4.78 is 27.8. The van der Waals surface area contributed by atoms with Crippen molar-refractivity contribution in [1.29, 1.82) is 0 Å². The number of pyridine rings is 1. The molecule has 4 nitrogen and oxygen atoms in total. The quantitative estimate of drug-likeness (QED) is 0.791. The first kappa shape index (κ1) is 14.2. The molecule has 4 rings (SSSR count). The van der Waals surface area contributed by atoms with Gasteiger partial charge >= 0.3 is 0 Å². The molecule has 1 aliphatic rings. The van der Waals surface area contributed by atoms with Gasteiger partial charge in [-0.1, -0.05) is 36.4 Å². The highest BCUT2D eigenvalue weighted by Crippen LogP contribution is 2.39. The highest BCUT2D eigenvalue weighted by Gasteiger charge is 2.25. The number of hydrogen-bond donors (Lipinski definition) is 1. The Morgan fingerprint density at radius 2 is 1.70 bits per heavy atom. The van der Waals surface area contributed by atoms with Gasteiger partial charge in [-0.05, 0) is 47.9 Å². The van der Waals surface area contributed by atoms with E-state index in [4.69, 9.17) is 0 Å². The van der Waals surface area contributed by atoms with Gasteiger partial charge in [0.15, 0.2) is 0 Å². The smallest absolute Gasteiger partial charge is 0.263 e. The molecular weight excluding hydrogens is 308 g/mol. The normalized spacial score (nSPS) is 14.8. The Morgan fingerprint density at radius 1 is 0.913 bits per heavy atom. The van der Waals surface area contributed by atoms with Crippen LogP contribution in [0.25, 0.3) is 10.8 Å². The third kappa shape index (κ3) is 2.92. The molecule has 116 valence electrons. The summed E-state index contributed by atoms with van der Waals surface area (Å²) in [4.78, 5) is 4.66. The molecule has 23 heavy (non-hydrogen) atoms. The first-order valence-corrected chi connectivity index (χ1v) is 9.09. The number of nitrogens with one attached hydrogen (secondary N) is 1. The largest absolute Gasteiger partial charge is 0.263 e. The summed E-state index contributed by atoms with van der Waals surface area (Å²) in [5.41, 5.74) is 0.962. The van der Waals surface area contributed by atoms with Crippen LogP contribution in [-0.4, -0.2) is 13.4 Å². The van der Waals surface area contributed by atoms with E-state index < -0.39 is 10.0 Å². The van der Waals surface area contributed by atoms with Crippen LogP contribution < -0.4 is 4.72 Å². The molecule has 5 heteroatoms. The molecule has 0 bridgehead atoms. The van der Waals surface area contributed by atoms with Crippen molar-refractivity contribution in [3.8, 4) is 0 Å². The molecular formula is C18H16N2O2S. The van der Waals surface area contributed by atoms with Gasteiger partial charge in [-0.3, -0.25) is 4.72 Å². The van der Waals surface area contributed by atoms with Gasteiger partial charge < -0.3 is 0 Å². The van der Waals surface area contributed by atoms with E-state index in [9.17, 15) is 8.42 Å². The zero-order valence-corrected chi connectivity index (χ0v) is 13.3. The van der Waals surface area contributed by atoms with Crippen molar-refractivity contribution in [1.82, 2.24) is 4.98 Å². The second-order valence-corrected chi connectivity index (χ2v) is 7.52. The van der Waals surface area contributed by atoms with E-state index in [0.29, 0.717) is 11.7 Å². The number of nitrogens with zero attached hydrogens (tertiary/aromatic N) is 1. The predicted octanol–water partition coefficient (Wildman–Crippen LogP) is 3.91. The van der Waals surface area contributed by atoms with Crippen LogP contribution in [0.1, 0.15) is 24.5 Å². The maximum absolute atomic E-state index is 12.6. The number of aromatic nitrogens is 1. The van der Waals surface area contributed by atoms with Crippen LogP contribution >= 0.6 is 0 Å². The van der Waals surface area contributed by atoms with Gasteiger partial charge in [0, 0.05) is 11.6 Å². The SMILES string of the molecule is O=S(=O)(Nc1cccc(C2CC2)n1)c1ccc2ccccc2c1. The van der Waals surface area contributed by atoms with Crippen LogP contribution in [0.5, 0.6) is 0 Å². The maximum Gasteiger partial charge on any atom is 0.263 e. The third-order valence-electron chi connectivity index (χ3n) is 4.04. The van der Waals surface area contributed by atoms with Crippen molar-refractivity contribution in [2.24, 2.45) is 0 Å². The molecule has 1 aliphatic carbocycles. The van der Waals surface area contributed by atoms with Crippen molar-refractivity contribution in [3.05, 3.63) is 66.4 Å². The van der Waals surface area contributed by atoms with Gasteiger partial charge in [0.05, 0.1) is 4.90 Å². The molecule has 3 aromatic rings. The number of hydrogen-bond acceptors (Lipinski definition) is 3. The van der Waals surface area contributed by atoms with Crippen molar-refractivity contribution >= 4 is 26.6 Å². The van der Waals surface area contributed by atoms with Crippen LogP contribution in [0, 0.1) is 0 Å². The molecule has 1 N–H and O–H groups in total. The van der Waals surface area contributed by atoms with Crippen molar-refractivity contribution in [3.63, 3.8) is 0 Å². The zero-order valence-electron chi connectivity index (χ0n) is 12.4. The number of fused-ring (bicyclic) bond motifs is 1. The van der Waals surface area contributed by atoms with Gasteiger partial charge in [0.2, 0.25) is 0 Å². The van der Waals surface area contributed by atoms with Gasteiger partial charge in [-0.25, -0.2) is 13.4 Å². The Hall–Kier alpha value is -2.40. The summed E-state index contributed by atoms with van der Waals surface area (Å²) in [5, 5.41) is 1.91. The summed E-state index contributed by atoms with van der Waals surface area (Å²) in [7, 11) is -3.64. The average molecular weight is 324 g/mol. The minimum Gasteiger partial charge on any atom is -0.263 e. The lowest BCUT2D eigenvalue weighted by Gasteiger charge is -2.09. The molecule has 1 aromatic heterocycles. The predicted molar refractivity (Wildman–Crippen MR) is 91.0 cm³/mol. The molecule has 0 radical (unpaired) electrons. The Bertz CT molecular complexity index is 979. The van der Waals surface area contributed by atoms with E-state index in [1.165, 1.54) is 0 Å². The Balaban J connectivity index is 1.67. The molecule has 0 aliphatic heterocycles. The molecule has 0 amide bonds. The number of rotatable bonds is 4. The molecule has 1 saturated carbocycles. The van der Waals surface area contributed by atoms with Crippen LogP contribution in [0.2, 0.25) is 0 Å². The molecule has 1 fully saturated rings. The van der Waals surface area contributed by atoms with Gasteiger partial charge in [0.1, 0.15) is 5.82 Å². The van der Waals surface area contributed by atoms with Gasteiger partial charge in [-0.15, -0.1) is 0 Å². The molecule has 0 spiro atoms. The van der Waals surface area contributed by atoms with Crippen molar-refractivity contribution < 1.29 is 8.42 Å². The zero-order chi connectivity index (χ0) is 15.9. The Morgan fingerprint density at radius 3 is 2.48 bits per heavy atom. The van der Waals surface area contributed by atoms with Crippen molar-refractivity contribution in [2.75, 3.05) is 4.72 Å². The summed E-state index contributed by atoms with van der Waals surface area (Å²) in [6.45, 7) is 0. The van der Waals surface area contributed by atoms with E-state index in [2.05, 4.69) is 9.71 Å². The van der Waals surface area contributed by atoms with E-state index in [-0.39, 0.29) is 4.90 Å². The first-order valence-electron chi connectivity index (χ1n) is 7.60. The minimum atomic E-state index is -3.64. The average Bonchev–Trinajstić information content (AvgIpc) is 3.39. The summed E-state index contributed by atoms with van der Waals surface area (Å²) in [5.74, 6) is 0.864. The second-order valence-electron chi connectivity index (χ2n) is 5.84. The molecule has 0 saturated heterocycles. The van der Waals surface area contributed by atoms with Crippen LogP contribution in [0.3, 0.4) is 0 Å². The van der Waals surface area contributed by atoms with Crippen LogP contribution in [0.4, 0.5) is 5.82 Å². The van der Waals surface area contributed by atoms with E-state index in [0.717, 1.165) is 29.3 Å². The van der Waals surface area contributed by atoms with E-state index in [1.54, 1.807) is 18.2 Å². The van der Waals surface area contributed by atoms with E-state index >= 15 is 0 Å². The second kappa shape index (κ2) is 5.35. The van der Waals surface area contributed by atoms with Crippen LogP contribution in [0.15, 0.2) is 65.6 Å². The Kier molecular flexibility index (Phi) is 3.31. The van der Waals surface area contributed by atoms with Gasteiger partial charge in [-0.2, -0.15) is 0 Å². The lowest BCUT2D eigenvalue weighted by Crippen LogP contribution is -2.14. The summed E-state index contributed by atoms with van der Waals surface area (Å²) in [6.07, 6.45) is 2.27. The lowest BCUT2D eigenvalue weighted by molar-refractivity contribution is 0.601. The topological polar surface area (TPSA) is 59.1 Å². The van der Waals surface area contributed by atoms with Gasteiger partial charge in [0.25, 0.3) is 10.0 Å². The minimum absolute atomic E-state index is 0.245. The number of anilines is 1. The standard InChI is InChI=1S/C18H16N2O2S/c21-23(22,16-11-10-13-4-1-2-5-15(13)12-16)20-18-7-3-6-17(19-18)14-8-9-14/h1-7,10-12,14H,8-9H2,(H,19,20). The van der Waals surface area contributed by atoms with Crippen molar-refractivity contribution in [2.45, 2.75) is 23.7 Å². The summed E-state index contributed by atoms with van der Waals surface area (Å²) in [6, 6.07) is 18.3. The molecule has 1 heterocycles. The fourth-order valence-corrected chi connectivity index (χ4v) is 3.68. The molecule has 2 aromatic carbocycles. The fraction of sp³-hybridized carbons (Fsp3) is 0.167. The summed E-state index contributed by atoms with van der Waals surface area (Å²) >= 11 is 0. The third-order valence-corrected chi connectivity index (χ3v) is 5.39.